The van der Waals surface area contributed by atoms with E-state index in [2.05, 4.69) is 6.92 Å². The van der Waals surface area contributed by atoms with Gasteiger partial charge in [-0.25, -0.2) is 8.42 Å². The SMILES string of the molecule is CCc1ccc(N(C(=O)c2ccc(OC)cc2)[C@H]2C=CS(=O)(=O)C2)cc1. The Kier molecular flexibility index (Phi) is 5.13. The van der Waals surface area contributed by atoms with Crippen molar-refractivity contribution in [1.29, 1.82) is 0 Å². The van der Waals surface area contributed by atoms with Crippen LogP contribution >= 0.6 is 0 Å². The van der Waals surface area contributed by atoms with E-state index in [9.17, 15) is 13.2 Å². The van der Waals surface area contributed by atoms with E-state index in [4.69, 9.17) is 4.74 Å². The zero-order valence-corrected chi connectivity index (χ0v) is 15.6. The summed E-state index contributed by atoms with van der Waals surface area (Å²) in [6.45, 7) is 2.06. The fourth-order valence-corrected chi connectivity index (χ4v) is 4.21. The molecule has 0 unspecified atom stereocenters. The lowest BCUT2D eigenvalue weighted by Gasteiger charge is -2.28. The third kappa shape index (κ3) is 3.80. The zero-order chi connectivity index (χ0) is 18.7. The predicted molar refractivity (Wildman–Crippen MR) is 102 cm³/mol. The minimum Gasteiger partial charge on any atom is -0.497 e. The summed E-state index contributed by atoms with van der Waals surface area (Å²) in [4.78, 5) is 14.7. The highest BCUT2D eigenvalue weighted by atomic mass is 32.2. The number of hydrogen-bond donors (Lipinski definition) is 0. The molecule has 0 saturated carbocycles. The van der Waals surface area contributed by atoms with Crippen molar-refractivity contribution in [2.24, 2.45) is 0 Å². The van der Waals surface area contributed by atoms with Crippen LogP contribution in [0.15, 0.2) is 60.0 Å². The molecule has 2 aromatic rings. The number of aryl methyl sites for hydroxylation is 1. The molecule has 1 atom stereocenters. The van der Waals surface area contributed by atoms with Crippen molar-refractivity contribution < 1.29 is 17.9 Å². The molecular weight excluding hydrogens is 350 g/mol. The average Bonchev–Trinajstić information content (AvgIpc) is 3.02. The third-order valence-electron chi connectivity index (χ3n) is 4.42. The highest BCUT2D eigenvalue weighted by Gasteiger charge is 2.32. The summed E-state index contributed by atoms with van der Waals surface area (Å²) in [6, 6.07) is 13.9. The number of anilines is 1. The molecule has 136 valence electrons. The normalized spacial score (nSPS) is 17.8. The first-order valence-electron chi connectivity index (χ1n) is 8.41. The molecule has 6 heteroatoms. The molecule has 0 N–H and O–H groups in total. The van der Waals surface area contributed by atoms with Crippen molar-refractivity contribution in [3.8, 4) is 5.75 Å². The molecule has 0 aromatic heterocycles. The average molecular weight is 371 g/mol. The Morgan fingerprint density at radius 2 is 1.77 bits per heavy atom. The van der Waals surface area contributed by atoms with Crippen molar-refractivity contribution in [1.82, 2.24) is 0 Å². The van der Waals surface area contributed by atoms with E-state index < -0.39 is 15.9 Å². The van der Waals surface area contributed by atoms with Crippen LogP contribution in [0.2, 0.25) is 0 Å². The minimum absolute atomic E-state index is 0.107. The van der Waals surface area contributed by atoms with Crippen LogP contribution in [0.5, 0.6) is 5.75 Å². The van der Waals surface area contributed by atoms with Gasteiger partial charge in [-0.05, 0) is 54.5 Å². The number of ether oxygens (including phenoxy) is 1. The van der Waals surface area contributed by atoms with Crippen LogP contribution in [0, 0.1) is 0 Å². The van der Waals surface area contributed by atoms with Gasteiger partial charge in [-0.2, -0.15) is 0 Å². The zero-order valence-electron chi connectivity index (χ0n) is 14.8. The maximum atomic E-state index is 13.2. The summed E-state index contributed by atoms with van der Waals surface area (Å²) in [5.41, 5.74) is 2.30. The molecule has 0 saturated heterocycles. The quantitative estimate of drug-likeness (QED) is 0.810. The Morgan fingerprint density at radius 3 is 2.27 bits per heavy atom. The Balaban J connectivity index is 1.98. The molecule has 0 aliphatic carbocycles. The van der Waals surface area contributed by atoms with E-state index in [0.717, 1.165) is 12.0 Å². The number of sulfone groups is 1. The van der Waals surface area contributed by atoms with Crippen molar-refractivity contribution in [3.63, 3.8) is 0 Å². The molecular formula is C20H21NO4S. The van der Waals surface area contributed by atoms with E-state index >= 15 is 0 Å². The van der Waals surface area contributed by atoms with Gasteiger partial charge in [0.15, 0.2) is 9.84 Å². The fraction of sp³-hybridized carbons (Fsp3) is 0.250. The number of benzene rings is 2. The number of rotatable bonds is 5. The van der Waals surface area contributed by atoms with Crippen molar-refractivity contribution in [2.45, 2.75) is 19.4 Å². The summed E-state index contributed by atoms with van der Waals surface area (Å²) in [7, 11) is -1.72. The summed E-state index contributed by atoms with van der Waals surface area (Å²) in [6.07, 6.45) is 2.47. The van der Waals surface area contributed by atoms with E-state index in [1.54, 1.807) is 42.4 Å². The first kappa shape index (κ1) is 18.2. The molecule has 0 spiro atoms. The number of amides is 1. The minimum atomic E-state index is -3.28. The number of carbonyl (C=O) groups is 1. The monoisotopic (exact) mass is 371 g/mol. The molecule has 0 fully saturated rings. The number of carbonyl (C=O) groups excluding carboxylic acids is 1. The highest BCUT2D eigenvalue weighted by Crippen LogP contribution is 2.26. The first-order chi connectivity index (χ1) is 12.4. The summed E-state index contributed by atoms with van der Waals surface area (Å²) in [5, 5.41) is 1.19. The first-order valence-corrected chi connectivity index (χ1v) is 10.1. The standard InChI is InChI=1S/C20H21NO4S/c1-3-15-4-8-17(9-5-15)21(18-12-13-26(23,24)14-18)20(22)16-6-10-19(25-2)11-7-16/h4-13,18H,3,14H2,1-2H3/t18-/m0/s1. The summed E-state index contributed by atoms with van der Waals surface area (Å²) >= 11 is 0. The summed E-state index contributed by atoms with van der Waals surface area (Å²) < 4.78 is 28.9. The van der Waals surface area contributed by atoms with Gasteiger partial charge in [0.1, 0.15) is 5.75 Å². The molecule has 0 bridgehead atoms. The summed E-state index contributed by atoms with van der Waals surface area (Å²) in [5.74, 6) is 0.303. The molecule has 1 heterocycles. The van der Waals surface area contributed by atoms with Crippen LogP contribution in [0.25, 0.3) is 0 Å². The van der Waals surface area contributed by atoms with Crippen molar-refractivity contribution in [2.75, 3.05) is 17.8 Å². The Morgan fingerprint density at radius 1 is 1.12 bits per heavy atom. The molecule has 1 amide bonds. The molecule has 26 heavy (non-hydrogen) atoms. The maximum absolute atomic E-state index is 13.2. The fourth-order valence-electron chi connectivity index (χ4n) is 2.94. The Hall–Kier alpha value is -2.60. The maximum Gasteiger partial charge on any atom is 0.258 e. The molecule has 3 rings (SSSR count). The Bertz CT molecular complexity index is 915. The Labute approximate surface area is 153 Å². The van der Waals surface area contributed by atoms with Crippen molar-refractivity contribution in [3.05, 3.63) is 71.1 Å². The second-order valence-electron chi connectivity index (χ2n) is 6.15. The van der Waals surface area contributed by atoms with Gasteiger partial charge in [0.25, 0.3) is 5.91 Å². The smallest absolute Gasteiger partial charge is 0.258 e. The number of methoxy groups -OCH3 is 1. The second kappa shape index (κ2) is 7.33. The van der Waals surface area contributed by atoms with Crippen LogP contribution in [0.4, 0.5) is 5.69 Å². The van der Waals surface area contributed by atoms with Gasteiger partial charge in [-0.1, -0.05) is 19.1 Å². The van der Waals surface area contributed by atoms with E-state index in [-0.39, 0.29) is 11.7 Å². The van der Waals surface area contributed by atoms with Gasteiger partial charge in [0.2, 0.25) is 0 Å². The van der Waals surface area contributed by atoms with Gasteiger partial charge >= 0.3 is 0 Å². The van der Waals surface area contributed by atoms with E-state index in [0.29, 0.717) is 17.0 Å². The van der Waals surface area contributed by atoms with Crippen LogP contribution in [0.3, 0.4) is 0 Å². The molecule has 2 aromatic carbocycles. The van der Waals surface area contributed by atoms with Crippen LogP contribution in [0.1, 0.15) is 22.8 Å². The highest BCUT2D eigenvalue weighted by molar-refractivity contribution is 7.94. The largest absolute Gasteiger partial charge is 0.497 e. The lowest BCUT2D eigenvalue weighted by Crippen LogP contribution is -2.41. The van der Waals surface area contributed by atoms with Gasteiger partial charge in [-0.3, -0.25) is 4.79 Å². The van der Waals surface area contributed by atoms with Gasteiger partial charge in [0, 0.05) is 16.7 Å². The lowest BCUT2D eigenvalue weighted by atomic mass is 10.1. The van der Waals surface area contributed by atoms with E-state index in [1.807, 2.05) is 24.3 Å². The van der Waals surface area contributed by atoms with Gasteiger partial charge in [-0.15, -0.1) is 0 Å². The lowest BCUT2D eigenvalue weighted by molar-refractivity contribution is 0.0983. The van der Waals surface area contributed by atoms with Crippen LogP contribution in [-0.2, 0) is 16.3 Å². The number of nitrogens with zero attached hydrogens (tertiary/aromatic N) is 1. The molecule has 5 nitrogen and oxygen atoms in total. The second-order valence-corrected chi connectivity index (χ2v) is 8.08. The van der Waals surface area contributed by atoms with Crippen LogP contribution < -0.4 is 9.64 Å². The van der Waals surface area contributed by atoms with Crippen LogP contribution in [-0.4, -0.2) is 33.2 Å². The third-order valence-corrected chi connectivity index (χ3v) is 5.80. The van der Waals surface area contributed by atoms with Gasteiger partial charge < -0.3 is 9.64 Å². The predicted octanol–water partition coefficient (Wildman–Crippen LogP) is 3.22. The van der Waals surface area contributed by atoms with Crippen molar-refractivity contribution >= 4 is 21.4 Å². The molecule has 1 aliphatic heterocycles. The molecule has 1 aliphatic rings. The number of hydrogen-bond acceptors (Lipinski definition) is 4. The van der Waals surface area contributed by atoms with E-state index in [1.165, 1.54) is 5.41 Å². The molecule has 0 radical (unpaired) electrons. The van der Waals surface area contributed by atoms with Gasteiger partial charge in [0.05, 0.1) is 18.9 Å². The topological polar surface area (TPSA) is 63.7 Å².